The molecular formula is C13H17BrN2O2. The summed E-state index contributed by atoms with van der Waals surface area (Å²) in [5.74, 6) is 0. The fourth-order valence-corrected chi connectivity index (χ4v) is 2.33. The zero-order chi connectivity index (χ0) is 13.0. The Kier molecular flexibility index (Phi) is 4.60. The lowest BCUT2D eigenvalue weighted by atomic mass is 10.1. The second-order valence-corrected chi connectivity index (χ2v) is 5.32. The predicted molar refractivity (Wildman–Crippen MR) is 73.1 cm³/mol. The SMILES string of the molecule is NC1CCN(C(=O)OCc2ccccc2Br)CC1. The average molecular weight is 313 g/mol. The first-order chi connectivity index (χ1) is 8.66. The number of amides is 1. The molecule has 1 amide bonds. The van der Waals surface area contributed by atoms with Crippen LogP contribution in [0.1, 0.15) is 18.4 Å². The highest BCUT2D eigenvalue weighted by molar-refractivity contribution is 9.10. The summed E-state index contributed by atoms with van der Waals surface area (Å²) in [6.07, 6.45) is 1.45. The molecule has 18 heavy (non-hydrogen) atoms. The molecule has 1 heterocycles. The van der Waals surface area contributed by atoms with Crippen LogP contribution < -0.4 is 5.73 Å². The van der Waals surface area contributed by atoms with E-state index in [4.69, 9.17) is 10.5 Å². The van der Waals surface area contributed by atoms with Gasteiger partial charge in [0.15, 0.2) is 0 Å². The van der Waals surface area contributed by atoms with E-state index in [-0.39, 0.29) is 12.1 Å². The van der Waals surface area contributed by atoms with Crippen molar-refractivity contribution >= 4 is 22.0 Å². The summed E-state index contributed by atoms with van der Waals surface area (Å²) in [4.78, 5) is 13.6. The number of hydrogen-bond acceptors (Lipinski definition) is 3. The molecule has 1 fully saturated rings. The molecule has 0 radical (unpaired) electrons. The highest BCUT2D eigenvalue weighted by Gasteiger charge is 2.21. The summed E-state index contributed by atoms with van der Waals surface area (Å²) in [6.45, 7) is 1.68. The van der Waals surface area contributed by atoms with Gasteiger partial charge in [0.2, 0.25) is 0 Å². The number of halogens is 1. The molecule has 4 nitrogen and oxygen atoms in total. The number of carbonyl (C=O) groups excluding carboxylic acids is 1. The average Bonchev–Trinajstić information content (AvgIpc) is 2.38. The summed E-state index contributed by atoms with van der Waals surface area (Å²) in [7, 11) is 0. The minimum Gasteiger partial charge on any atom is -0.444 e. The van der Waals surface area contributed by atoms with Crippen LogP contribution in [0.3, 0.4) is 0 Å². The molecule has 1 aliphatic heterocycles. The fraction of sp³-hybridized carbons (Fsp3) is 0.462. The number of nitrogens with zero attached hydrogens (tertiary/aromatic N) is 1. The van der Waals surface area contributed by atoms with Crippen molar-refractivity contribution in [3.63, 3.8) is 0 Å². The van der Waals surface area contributed by atoms with Gasteiger partial charge in [-0.15, -0.1) is 0 Å². The quantitative estimate of drug-likeness (QED) is 0.913. The van der Waals surface area contributed by atoms with E-state index < -0.39 is 0 Å². The summed E-state index contributed by atoms with van der Waals surface area (Å²) >= 11 is 3.43. The van der Waals surface area contributed by atoms with Crippen molar-refractivity contribution in [1.29, 1.82) is 0 Å². The van der Waals surface area contributed by atoms with Crippen LogP contribution in [-0.2, 0) is 11.3 Å². The van der Waals surface area contributed by atoms with Gasteiger partial charge in [-0.05, 0) is 18.9 Å². The van der Waals surface area contributed by atoms with Crippen LogP contribution in [0.25, 0.3) is 0 Å². The Hall–Kier alpha value is -1.07. The number of carbonyl (C=O) groups is 1. The van der Waals surface area contributed by atoms with Crippen molar-refractivity contribution in [3.8, 4) is 0 Å². The lowest BCUT2D eigenvalue weighted by molar-refractivity contribution is 0.0872. The first-order valence-corrected chi connectivity index (χ1v) is 6.87. The first-order valence-electron chi connectivity index (χ1n) is 6.07. The van der Waals surface area contributed by atoms with Crippen LogP contribution in [0.15, 0.2) is 28.7 Å². The molecule has 1 aromatic carbocycles. The van der Waals surface area contributed by atoms with Gasteiger partial charge in [-0.2, -0.15) is 0 Å². The van der Waals surface area contributed by atoms with Crippen LogP contribution in [0.2, 0.25) is 0 Å². The molecule has 0 aliphatic carbocycles. The standard InChI is InChI=1S/C13H17BrN2O2/c14-12-4-2-1-3-10(12)9-18-13(17)16-7-5-11(15)6-8-16/h1-4,11H,5-9,15H2. The molecule has 0 bridgehead atoms. The highest BCUT2D eigenvalue weighted by atomic mass is 79.9. The van der Waals surface area contributed by atoms with Gasteiger partial charge in [0.1, 0.15) is 6.61 Å². The third-order valence-electron chi connectivity index (χ3n) is 3.11. The van der Waals surface area contributed by atoms with Crippen molar-refractivity contribution in [1.82, 2.24) is 4.90 Å². The number of benzene rings is 1. The largest absolute Gasteiger partial charge is 0.444 e. The number of hydrogen-bond donors (Lipinski definition) is 1. The number of rotatable bonds is 2. The third-order valence-corrected chi connectivity index (χ3v) is 3.88. The topological polar surface area (TPSA) is 55.6 Å². The molecule has 0 unspecified atom stereocenters. The predicted octanol–water partition coefficient (Wildman–Crippen LogP) is 2.51. The van der Waals surface area contributed by atoms with Gasteiger partial charge in [-0.1, -0.05) is 34.1 Å². The third kappa shape index (κ3) is 3.46. The summed E-state index contributed by atoms with van der Waals surface area (Å²) in [6, 6.07) is 7.94. The van der Waals surface area contributed by atoms with E-state index in [1.807, 2.05) is 24.3 Å². The van der Waals surface area contributed by atoms with Crippen LogP contribution in [0.5, 0.6) is 0 Å². The molecule has 2 rings (SSSR count). The van der Waals surface area contributed by atoms with Crippen LogP contribution >= 0.6 is 15.9 Å². The van der Waals surface area contributed by atoms with Crippen molar-refractivity contribution in [3.05, 3.63) is 34.3 Å². The molecule has 0 atom stereocenters. The smallest absolute Gasteiger partial charge is 0.410 e. The zero-order valence-corrected chi connectivity index (χ0v) is 11.7. The van der Waals surface area contributed by atoms with Gasteiger partial charge >= 0.3 is 6.09 Å². The van der Waals surface area contributed by atoms with E-state index in [0.29, 0.717) is 19.7 Å². The monoisotopic (exact) mass is 312 g/mol. The van der Waals surface area contributed by atoms with Crippen LogP contribution in [0, 0.1) is 0 Å². The fourth-order valence-electron chi connectivity index (χ4n) is 1.93. The van der Waals surface area contributed by atoms with Crippen molar-refractivity contribution in [2.45, 2.75) is 25.5 Å². The van der Waals surface area contributed by atoms with Crippen LogP contribution in [-0.4, -0.2) is 30.1 Å². The van der Waals surface area contributed by atoms with E-state index in [9.17, 15) is 4.79 Å². The van der Waals surface area contributed by atoms with Gasteiger partial charge < -0.3 is 15.4 Å². The van der Waals surface area contributed by atoms with Gasteiger partial charge in [0.25, 0.3) is 0 Å². The Morgan fingerprint density at radius 2 is 2.06 bits per heavy atom. The van der Waals surface area contributed by atoms with E-state index in [2.05, 4.69) is 15.9 Å². The van der Waals surface area contributed by atoms with Gasteiger partial charge in [-0.3, -0.25) is 0 Å². The van der Waals surface area contributed by atoms with E-state index in [1.165, 1.54) is 0 Å². The molecule has 2 N–H and O–H groups in total. The number of ether oxygens (including phenoxy) is 1. The maximum absolute atomic E-state index is 11.8. The zero-order valence-electron chi connectivity index (χ0n) is 10.1. The molecule has 1 aromatic rings. The molecule has 98 valence electrons. The molecule has 5 heteroatoms. The lowest BCUT2D eigenvalue weighted by Gasteiger charge is -2.29. The minimum absolute atomic E-state index is 0.220. The summed E-state index contributed by atoms with van der Waals surface area (Å²) in [5.41, 5.74) is 6.77. The van der Waals surface area contributed by atoms with Crippen molar-refractivity contribution in [2.24, 2.45) is 5.73 Å². The van der Waals surface area contributed by atoms with E-state index in [1.54, 1.807) is 4.90 Å². The van der Waals surface area contributed by atoms with Gasteiger partial charge in [0.05, 0.1) is 0 Å². The molecule has 1 saturated heterocycles. The normalized spacial score (nSPS) is 16.7. The van der Waals surface area contributed by atoms with E-state index in [0.717, 1.165) is 22.9 Å². The molecule has 0 saturated carbocycles. The Morgan fingerprint density at radius 3 is 2.72 bits per heavy atom. The Bertz CT molecular complexity index is 417. The van der Waals surface area contributed by atoms with Crippen molar-refractivity contribution < 1.29 is 9.53 Å². The second kappa shape index (κ2) is 6.20. The second-order valence-electron chi connectivity index (χ2n) is 4.47. The molecular weight excluding hydrogens is 296 g/mol. The first kappa shape index (κ1) is 13.4. The van der Waals surface area contributed by atoms with Crippen LogP contribution in [0.4, 0.5) is 4.79 Å². The molecule has 1 aliphatic rings. The Labute approximate surface area is 115 Å². The lowest BCUT2D eigenvalue weighted by Crippen LogP contribution is -2.43. The molecule has 0 spiro atoms. The van der Waals surface area contributed by atoms with Gasteiger partial charge in [0, 0.05) is 29.2 Å². The van der Waals surface area contributed by atoms with E-state index >= 15 is 0 Å². The molecule has 0 aromatic heterocycles. The highest BCUT2D eigenvalue weighted by Crippen LogP contribution is 2.17. The maximum atomic E-state index is 11.8. The minimum atomic E-state index is -0.252. The number of nitrogens with two attached hydrogens (primary N) is 1. The number of piperidine rings is 1. The van der Waals surface area contributed by atoms with Gasteiger partial charge in [-0.25, -0.2) is 4.79 Å². The van der Waals surface area contributed by atoms with Crippen molar-refractivity contribution in [2.75, 3.05) is 13.1 Å². The summed E-state index contributed by atoms with van der Waals surface area (Å²) < 4.78 is 6.26. The Balaban J connectivity index is 1.83. The maximum Gasteiger partial charge on any atom is 0.410 e. The Morgan fingerprint density at radius 1 is 1.39 bits per heavy atom. The summed E-state index contributed by atoms with van der Waals surface area (Å²) in [5, 5.41) is 0. The number of likely N-dealkylation sites (tertiary alicyclic amines) is 1.